The molecule has 3 aromatic carbocycles. The maximum Gasteiger partial charge on any atom is 0.122 e. The number of hydrogen-bond acceptors (Lipinski definition) is 2. The molecule has 0 fully saturated rings. The van der Waals surface area contributed by atoms with Crippen molar-refractivity contribution in [1.82, 2.24) is 9.55 Å². The first-order valence-electron chi connectivity index (χ1n) is 9.55. The number of aromatic nitrogens is 2. The first-order chi connectivity index (χ1) is 14.3. The fourth-order valence-electron chi connectivity index (χ4n) is 3.99. The predicted octanol–water partition coefficient (Wildman–Crippen LogP) is 5.57. The zero-order valence-corrected chi connectivity index (χ0v) is 16.2. The fourth-order valence-corrected chi connectivity index (χ4v) is 3.99. The first-order valence-corrected chi connectivity index (χ1v) is 9.55. The van der Waals surface area contributed by atoms with E-state index in [1.54, 1.807) is 0 Å². The van der Waals surface area contributed by atoms with Crippen molar-refractivity contribution in [3.05, 3.63) is 131 Å². The van der Waals surface area contributed by atoms with E-state index in [0.29, 0.717) is 0 Å². The van der Waals surface area contributed by atoms with Crippen molar-refractivity contribution < 1.29 is 0 Å². The van der Waals surface area contributed by atoms with Gasteiger partial charge in [0.2, 0.25) is 0 Å². The third-order valence-electron chi connectivity index (χ3n) is 5.25. The lowest BCUT2D eigenvalue weighted by molar-refractivity contribution is 0.511. The molecule has 29 heavy (non-hydrogen) atoms. The molecular formula is C26H21N3. The van der Waals surface area contributed by atoms with Crippen LogP contribution < -0.4 is 0 Å². The zero-order valence-electron chi connectivity index (χ0n) is 16.2. The average Bonchev–Trinajstić information content (AvgIpc) is 3.16. The predicted molar refractivity (Wildman–Crippen MR) is 116 cm³/mol. The minimum atomic E-state index is -0.625. The van der Waals surface area contributed by atoms with Gasteiger partial charge in [0, 0.05) is 6.08 Å². The van der Waals surface area contributed by atoms with E-state index in [4.69, 9.17) is 5.26 Å². The first kappa shape index (κ1) is 18.5. The Bertz CT molecular complexity index is 1050. The molecule has 0 aliphatic carbocycles. The Balaban J connectivity index is 2.16. The van der Waals surface area contributed by atoms with E-state index >= 15 is 0 Å². The fraction of sp³-hybridized carbons (Fsp3) is 0.0769. The molecule has 0 unspecified atom stereocenters. The largest absolute Gasteiger partial charge is 0.312 e. The molecule has 0 saturated heterocycles. The second-order valence-corrected chi connectivity index (χ2v) is 6.86. The highest BCUT2D eigenvalue weighted by Gasteiger charge is 2.39. The quantitative estimate of drug-likeness (QED) is 0.338. The van der Waals surface area contributed by atoms with Gasteiger partial charge in [-0.1, -0.05) is 91.0 Å². The molecule has 0 atom stereocenters. The summed E-state index contributed by atoms with van der Waals surface area (Å²) in [5.41, 5.74) is 4.54. The second kappa shape index (κ2) is 8.00. The number of hydrogen-bond donors (Lipinski definition) is 0. The van der Waals surface area contributed by atoms with Gasteiger partial charge in [-0.15, -0.1) is 0 Å². The zero-order chi connectivity index (χ0) is 20.1. The van der Waals surface area contributed by atoms with Crippen molar-refractivity contribution in [1.29, 1.82) is 5.26 Å². The van der Waals surface area contributed by atoms with Gasteiger partial charge in [-0.2, -0.15) is 5.26 Å². The SMILES string of the molecule is Cc1ncn(C(c2ccccc2)(c2ccccc2)c2ccccc2)c1C=CC#N. The minimum Gasteiger partial charge on any atom is -0.312 e. The van der Waals surface area contributed by atoms with Gasteiger partial charge in [0.05, 0.1) is 23.8 Å². The molecule has 0 saturated carbocycles. The van der Waals surface area contributed by atoms with Crippen LogP contribution in [0.2, 0.25) is 0 Å². The van der Waals surface area contributed by atoms with Gasteiger partial charge in [-0.3, -0.25) is 0 Å². The number of allylic oxidation sites excluding steroid dienone is 1. The number of benzene rings is 3. The molecular weight excluding hydrogens is 354 g/mol. The molecule has 4 rings (SSSR count). The molecule has 0 radical (unpaired) electrons. The van der Waals surface area contributed by atoms with E-state index in [9.17, 15) is 0 Å². The second-order valence-electron chi connectivity index (χ2n) is 6.86. The Kier molecular flexibility index (Phi) is 5.09. The van der Waals surface area contributed by atoms with Crippen molar-refractivity contribution >= 4 is 6.08 Å². The standard InChI is InChI=1S/C26H21N3/c1-21-25(18-11-19-27)29(20-28-21)26(22-12-5-2-6-13-22,23-14-7-3-8-15-23)24-16-9-4-10-17-24/h2-18,20H,1H3. The number of nitriles is 1. The van der Waals surface area contributed by atoms with Crippen LogP contribution >= 0.6 is 0 Å². The van der Waals surface area contributed by atoms with Crippen molar-refractivity contribution in [2.45, 2.75) is 12.5 Å². The Morgan fingerprint density at radius 1 is 0.793 bits per heavy atom. The molecule has 3 nitrogen and oxygen atoms in total. The van der Waals surface area contributed by atoms with Gasteiger partial charge in [0.25, 0.3) is 0 Å². The van der Waals surface area contributed by atoms with Gasteiger partial charge in [-0.25, -0.2) is 4.98 Å². The molecule has 0 amide bonds. The van der Waals surface area contributed by atoms with Crippen molar-refractivity contribution in [2.24, 2.45) is 0 Å². The van der Waals surface area contributed by atoms with Crippen LogP contribution in [-0.2, 0) is 5.54 Å². The van der Waals surface area contributed by atoms with E-state index in [-0.39, 0.29) is 0 Å². The van der Waals surface area contributed by atoms with E-state index in [1.165, 1.54) is 6.08 Å². The van der Waals surface area contributed by atoms with E-state index in [0.717, 1.165) is 28.1 Å². The van der Waals surface area contributed by atoms with Crippen LogP contribution in [0.3, 0.4) is 0 Å². The number of imidazole rings is 1. The van der Waals surface area contributed by atoms with Crippen LogP contribution in [-0.4, -0.2) is 9.55 Å². The van der Waals surface area contributed by atoms with E-state index in [2.05, 4.69) is 88.4 Å². The summed E-state index contributed by atoms with van der Waals surface area (Å²) in [6.45, 7) is 1.97. The summed E-state index contributed by atoms with van der Waals surface area (Å²) in [6.07, 6.45) is 5.22. The lowest BCUT2D eigenvalue weighted by Crippen LogP contribution is -2.38. The van der Waals surface area contributed by atoms with Gasteiger partial charge in [0.1, 0.15) is 5.54 Å². The van der Waals surface area contributed by atoms with E-state index < -0.39 is 5.54 Å². The molecule has 0 spiro atoms. The lowest BCUT2D eigenvalue weighted by Gasteiger charge is -2.38. The lowest BCUT2D eigenvalue weighted by atomic mass is 9.76. The molecule has 140 valence electrons. The molecule has 0 bridgehead atoms. The summed E-state index contributed by atoms with van der Waals surface area (Å²) in [5.74, 6) is 0. The van der Waals surface area contributed by atoms with E-state index in [1.807, 2.05) is 37.5 Å². The number of nitrogens with zero attached hydrogens (tertiary/aromatic N) is 3. The highest BCUT2D eigenvalue weighted by atomic mass is 15.1. The molecule has 0 aliphatic heterocycles. The summed E-state index contributed by atoms with van der Waals surface area (Å²) >= 11 is 0. The summed E-state index contributed by atoms with van der Waals surface area (Å²) in [6, 6.07) is 33.4. The summed E-state index contributed by atoms with van der Waals surface area (Å²) in [5, 5.41) is 9.13. The highest BCUT2D eigenvalue weighted by molar-refractivity contribution is 5.57. The highest BCUT2D eigenvalue weighted by Crippen LogP contribution is 2.42. The Morgan fingerprint density at radius 2 is 1.24 bits per heavy atom. The van der Waals surface area contributed by atoms with Crippen LogP contribution in [0, 0.1) is 18.3 Å². The molecule has 4 aromatic rings. The summed E-state index contributed by atoms with van der Waals surface area (Å²) < 4.78 is 2.18. The summed E-state index contributed by atoms with van der Waals surface area (Å²) in [7, 11) is 0. The van der Waals surface area contributed by atoms with Crippen molar-refractivity contribution in [2.75, 3.05) is 0 Å². The number of rotatable bonds is 5. The van der Waals surface area contributed by atoms with Crippen molar-refractivity contribution in [3.63, 3.8) is 0 Å². The Labute approximate surface area is 171 Å². The maximum absolute atomic E-state index is 9.13. The Hall–Kier alpha value is -3.90. The third kappa shape index (κ3) is 3.15. The normalized spacial score (nSPS) is 11.4. The minimum absolute atomic E-state index is 0.625. The molecule has 0 aliphatic rings. The summed E-state index contributed by atoms with van der Waals surface area (Å²) in [4.78, 5) is 4.61. The third-order valence-corrected chi connectivity index (χ3v) is 5.25. The van der Waals surface area contributed by atoms with Gasteiger partial charge in [0.15, 0.2) is 0 Å². The van der Waals surface area contributed by atoms with Gasteiger partial charge >= 0.3 is 0 Å². The number of aryl methyl sites for hydroxylation is 1. The van der Waals surface area contributed by atoms with Crippen molar-refractivity contribution in [3.8, 4) is 6.07 Å². The average molecular weight is 375 g/mol. The van der Waals surface area contributed by atoms with Gasteiger partial charge in [-0.05, 0) is 29.7 Å². The van der Waals surface area contributed by atoms with Crippen LogP contribution in [0.5, 0.6) is 0 Å². The molecule has 1 aromatic heterocycles. The van der Waals surface area contributed by atoms with Crippen LogP contribution in [0.15, 0.2) is 103 Å². The monoisotopic (exact) mass is 375 g/mol. The Morgan fingerprint density at radius 3 is 1.66 bits per heavy atom. The molecule has 0 N–H and O–H groups in total. The molecule has 1 heterocycles. The topological polar surface area (TPSA) is 41.6 Å². The van der Waals surface area contributed by atoms with Crippen LogP contribution in [0.4, 0.5) is 0 Å². The molecule has 3 heteroatoms. The van der Waals surface area contributed by atoms with Crippen LogP contribution in [0.1, 0.15) is 28.1 Å². The van der Waals surface area contributed by atoms with Crippen LogP contribution in [0.25, 0.3) is 6.08 Å². The smallest absolute Gasteiger partial charge is 0.122 e. The maximum atomic E-state index is 9.13. The van der Waals surface area contributed by atoms with Gasteiger partial charge < -0.3 is 4.57 Å².